The molecule has 2 atom stereocenters. The molecular weight excluding hydrogens is 481 g/mol. The summed E-state index contributed by atoms with van der Waals surface area (Å²) < 4.78 is 17.4. The third-order valence-electron chi connectivity index (χ3n) is 6.63. The molecule has 3 aromatic carbocycles. The van der Waals surface area contributed by atoms with Crippen LogP contribution in [0.5, 0.6) is 5.75 Å². The molecular formula is C31H34NO4P. The number of benzene rings is 3. The molecule has 37 heavy (non-hydrogen) atoms. The van der Waals surface area contributed by atoms with E-state index in [1.54, 1.807) is 18.2 Å². The van der Waals surface area contributed by atoms with Crippen LogP contribution in [0.25, 0.3) is 11.3 Å². The lowest BCUT2D eigenvalue weighted by atomic mass is 9.93. The average molecular weight is 516 g/mol. The quantitative estimate of drug-likeness (QED) is 0.159. The SMILES string of the molecule is Cc1ccc(-c2cp(C)c(C(C)C(C)(C)OCOC(=O)c3cccc(OCc4ccccc4)c3)n2)cc1. The largest absolute Gasteiger partial charge is 0.489 e. The molecule has 4 rings (SSSR count). The van der Waals surface area contributed by atoms with Crippen molar-refractivity contribution in [2.75, 3.05) is 6.79 Å². The second-order valence-electron chi connectivity index (χ2n) is 9.78. The van der Waals surface area contributed by atoms with Crippen LogP contribution in [-0.4, -0.2) is 23.3 Å². The lowest BCUT2D eigenvalue weighted by molar-refractivity contribution is -0.114. The summed E-state index contributed by atoms with van der Waals surface area (Å²) >= 11 is 0. The minimum Gasteiger partial charge on any atom is -0.489 e. The number of aromatic nitrogens is 1. The topological polar surface area (TPSA) is 57.7 Å². The Bertz CT molecular complexity index is 1330. The molecule has 0 bridgehead atoms. The smallest absolute Gasteiger partial charge is 0.340 e. The predicted octanol–water partition coefficient (Wildman–Crippen LogP) is 7.87. The highest BCUT2D eigenvalue weighted by Gasteiger charge is 2.31. The van der Waals surface area contributed by atoms with Crippen LogP contribution < -0.4 is 4.74 Å². The van der Waals surface area contributed by atoms with Crippen LogP contribution in [0, 0.1) is 6.92 Å². The van der Waals surface area contributed by atoms with Gasteiger partial charge in [-0.25, -0.2) is 9.78 Å². The summed E-state index contributed by atoms with van der Waals surface area (Å²) in [6.45, 7) is 10.7. The van der Waals surface area contributed by atoms with E-state index < -0.39 is 19.1 Å². The molecule has 0 aliphatic carbocycles. The van der Waals surface area contributed by atoms with Gasteiger partial charge in [0, 0.05) is 11.5 Å². The summed E-state index contributed by atoms with van der Waals surface area (Å²) in [6, 6.07) is 25.3. The summed E-state index contributed by atoms with van der Waals surface area (Å²) in [5, 5.41) is 0. The van der Waals surface area contributed by atoms with Crippen molar-refractivity contribution in [2.24, 2.45) is 6.66 Å². The first-order chi connectivity index (χ1) is 17.7. The number of esters is 1. The number of rotatable bonds is 10. The lowest BCUT2D eigenvalue weighted by Crippen LogP contribution is -2.32. The second-order valence-corrected chi connectivity index (χ2v) is 11.7. The Morgan fingerprint density at radius 3 is 2.46 bits per heavy atom. The van der Waals surface area contributed by atoms with E-state index in [-0.39, 0.29) is 12.7 Å². The lowest BCUT2D eigenvalue weighted by Gasteiger charge is -2.31. The molecule has 0 aliphatic rings. The zero-order valence-electron chi connectivity index (χ0n) is 22.1. The van der Waals surface area contributed by atoms with Crippen LogP contribution in [0.4, 0.5) is 0 Å². The van der Waals surface area contributed by atoms with Crippen LogP contribution >= 0.6 is 7.53 Å². The molecule has 0 radical (unpaired) electrons. The minimum atomic E-state index is -0.563. The Labute approximate surface area is 220 Å². The summed E-state index contributed by atoms with van der Waals surface area (Å²) in [6.07, 6.45) is 0. The van der Waals surface area contributed by atoms with Gasteiger partial charge in [-0.05, 0) is 57.0 Å². The highest BCUT2D eigenvalue weighted by molar-refractivity contribution is 7.48. The Morgan fingerprint density at radius 1 is 1.00 bits per heavy atom. The predicted molar refractivity (Wildman–Crippen MR) is 149 cm³/mol. The average Bonchev–Trinajstić information content (AvgIpc) is 3.29. The molecule has 0 saturated carbocycles. The Kier molecular flexibility index (Phi) is 8.48. The first kappa shape index (κ1) is 26.7. The van der Waals surface area contributed by atoms with Crippen LogP contribution in [0.2, 0.25) is 0 Å². The second kappa shape index (κ2) is 11.8. The number of carbonyl (C=O) groups is 1. The van der Waals surface area contributed by atoms with Crippen molar-refractivity contribution >= 4 is 13.5 Å². The van der Waals surface area contributed by atoms with Gasteiger partial charge in [-0.15, -0.1) is 7.53 Å². The fraction of sp³-hybridized carbons (Fsp3) is 0.290. The Morgan fingerprint density at radius 2 is 1.73 bits per heavy atom. The molecule has 192 valence electrons. The Hall–Kier alpha value is -3.40. The first-order valence-electron chi connectivity index (χ1n) is 12.4. The van der Waals surface area contributed by atoms with Gasteiger partial charge in [-0.3, -0.25) is 0 Å². The fourth-order valence-corrected chi connectivity index (χ4v) is 5.85. The molecule has 6 heteroatoms. The summed E-state index contributed by atoms with van der Waals surface area (Å²) in [5.41, 5.74) is 5.43. The molecule has 0 N–H and O–H groups in total. The molecule has 2 unspecified atom stereocenters. The highest BCUT2D eigenvalue weighted by Crippen LogP contribution is 2.43. The summed E-state index contributed by atoms with van der Waals surface area (Å²) in [4.78, 5) is 17.7. The van der Waals surface area contributed by atoms with Gasteiger partial charge in [0.15, 0.2) is 6.79 Å². The maximum Gasteiger partial charge on any atom is 0.340 e. The van der Waals surface area contributed by atoms with Gasteiger partial charge >= 0.3 is 5.97 Å². The third kappa shape index (κ3) is 6.88. The van der Waals surface area contributed by atoms with E-state index in [0.29, 0.717) is 17.9 Å². The highest BCUT2D eigenvalue weighted by atomic mass is 31.1. The first-order valence-corrected chi connectivity index (χ1v) is 14.3. The maximum atomic E-state index is 12.7. The van der Waals surface area contributed by atoms with Crippen LogP contribution in [0.1, 0.15) is 53.6 Å². The van der Waals surface area contributed by atoms with E-state index >= 15 is 0 Å². The molecule has 0 aliphatic heterocycles. The standard InChI is InChI=1S/C31H34NO4P/c1-22-14-16-25(17-15-22)28-20-37(5)29(32-28)23(2)31(3,4)36-21-35-30(33)26-12-9-13-27(18-26)34-19-24-10-7-6-8-11-24/h6-18,20,23H,19,21H2,1-5H3. The molecule has 1 aromatic heterocycles. The number of ether oxygens (including phenoxy) is 3. The molecule has 1 heterocycles. The van der Waals surface area contributed by atoms with Crippen molar-refractivity contribution in [3.63, 3.8) is 0 Å². The van der Waals surface area contributed by atoms with Gasteiger partial charge in [0.25, 0.3) is 0 Å². The normalized spacial score (nSPS) is 12.7. The van der Waals surface area contributed by atoms with Crippen molar-refractivity contribution in [2.45, 2.75) is 45.8 Å². The van der Waals surface area contributed by atoms with Gasteiger partial charge in [0.1, 0.15) is 12.4 Å². The van der Waals surface area contributed by atoms with Crippen molar-refractivity contribution < 1.29 is 19.0 Å². The number of aryl methyl sites for hydroxylation is 2. The third-order valence-corrected chi connectivity index (χ3v) is 8.47. The Balaban J connectivity index is 1.33. The molecule has 0 amide bonds. The summed E-state index contributed by atoms with van der Waals surface area (Å²) in [5.74, 6) is 2.47. The fourth-order valence-electron chi connectivity index (χ4n) is 3.95. The molecule has 4 aromatic rings. The van der Waals surface area contributed by atoms with Crippen LogP contribution in [0.15, 0.2) is 84.7 Å². The van der Waals surface area contributed by atoms with Gasteiger partial charge in [-0.1, -0.05) is 73.2 Å². The molecule has 0 fully saturated rings. The zero-order valence-corrected chi connectivity index (χ0v) is 23.0. The van der Waals surface area contributed by atoms with Gasteiger partial charge in [0.2, 0.25) is 0 Å². The van der Waals surface area contributed by atoms with Gasteiger partial charge in [0.05, 0.1) is 22.3 Å². The van der Waals surface area contributed by atoms with Crippen LogP contribution in [-0.2, 0) is 22.7 Å². The number of hydrogen-bond acceptors (Lipinski definition) is 5. The van der Waals surface area contributed by atoms with Gasteiger partial charge in [-0.2, -0.15) is 0 Å². The van der Waals surface area contributed by atoms with Crippen molar-refractivity contribution in [3.05, 3.63) is 107 Å². The van der Waals surface area contributed by atoms with Crippen molar-refractivity contribution in [1.29, 1.82) is 0 Å². The molecule has 0 spiro atoms. The number of nitrogens with zero attached hydrogens (tertiary/aromatic N) is 1. The number of carbonyl (C=O) groups excluding carboxylic acids is 1. The molecule has 0 saturated heterocycles. The van der Waals surface area contributed by atoms with Gasteiger partial charge < -0.3 is 14.2 Å². The minimum absolute atomic E-state index is 0.0521. The van der Waals surface area contributed by atoms with E-state index in [0.717, 1.165) is 22.2 Å². The summed E-state index contributed by atoms with van der Waals surface area (Å²) in [7, 11) is -0.504. The van der Waals surface area contributed by atoms with Crippen molar-refractivity contribution in [3.8, 4) is 17.0 Å². The van der Waals surface area contributed by atoms with E-state index in [4.69, 9.17) is 19.2 Å². The van der Waals surface area contributed by atoms with Crippen LogP contribution in [0.3, 0.4) is 0 Å². The zero-order chi connectivity index (χ0) is 26.4. The van der Waals surface area contributed by atoms with E-state index in [1.807, 2.05) is 50.2 Å². The maximum absolute atomic E-state index is 12.7. The monoisotopic (exact) mass is 515 g/mol. The van der Waals surface area contributed by atoms with E-state index in [2.05, 4.69) is 50.6 Å². The molecule has 5 nitrogen and oxygen atoms in total. The van der Waals surface area contributed by atoms with E-state index in [1.165, 1.54) is 5.56 Å². The van der Waals surface area contributed by atoms with Crippen molar-refractivity contribution in [1.82, 2.24) is 4.98 Å². The van der Waals surface area contributed by atoms with E-state index in [9.17, 15) is 4.79 Å². The number of hydrogen-bond donors (Lipinski definition) is 0.